The van der Waals surface area contributed by atoms with Gasteiger partial charge in [0.2, 0.25) is 0 Å². The largest absolute Gasteiger partial charge is 0.315 e. The second-order valence-corrected chi connectivity index (χ2v) is 5.44. The van der Waals surface area contributed by atoms with E-state index in [1.54, 1.807) is 0 Å². The summed E-state index contributed by atoms with van der Waals surface area (Å²) < 4.78 is 12.8. The van der Waals surface area contributed by atoms with Gasteiger partial charge in [0.05, 0.1) is 0 Å². The van der Waals surface area contributed by atoms with Crippen LogP contribution in [-0.2, 0) is 6.54 Å². The zero-order valence-electron chi connectivity index (χ0n) is 11.9. The Morgan fingerprint density at radius 2 is 1.72 bits per heavy atom. The van der Waals surface area contributed by atoms with Crippen molar-refractivity contribution in [3.8, 4) is 0 Å². The van der Waals surface area contributed by atoms with Gasteiger partial charge in [0.25, 0.3) is 0 Å². The van der Waals surface area contributed by atoms with Gasteiger partial charge in [-0.1, -0.05) is 26.0 Å². The molecule has 1 atom stereocenters. The maximum Gasteiger partial charge on any atom is 0.123 e. The van der Waals surface area contributed by atoms with Gasteiger partial charge in [0, 0.05) is 19.1 Å². The molecular formula is C15H25FN2. The third-order valence-electron chi connectivity index (χ3n) is 3.09. The lowest BCUT2D eigenvalue weighted by Crippen LogP contribution is -2.38. The van der Waals surface area contributed by atoms with Crippen molar-refractivity contribution in [1.29, 1.82) is 0 Å². The van der Waals surface area contributed by atoms with E-state index in [2.05, 4.69) is 38.0 Å². The number of halogens is 1. The van der Waals surface area contributed by atoms with Crippen molar-refractivity contribution in [3.63, 3.8) is 0 Å². The Balaban J connectivity index is 2.35. The molecular weight excluding hydrogens is 227 g/mol. The van der Waals surface area contributed by atoms with Gasteiger partial charge in [0.1, 0.15) is 5.82 Å². The fraction of sp³-hybridized carbons (Fsp3) is 0.600. The van der Waals surface area contributed by atoms with Crippen molar-refractivity contribution < 1.29 is 4.39 Å². The molecule has 1 aromatic rings. The number of rotatable bonds is 7. The third-order valence-corrected chi connectivity index (χ3v) is 3.09. The van der Waals surface area contributed by atoms with Gasteiger partial charge in [-0.25, -0.2) is 4.39 Å². The van der Waals surface area contributed by atoms with Crippen molar-refractivity contribution in [2.75, 3.05) is 20.1 Å². The summed E-state index contributed by atoms with van der Waals surface area (Å²) in [4.78, 5) is 2.28. The molecule has 0 fully saturated rings. The second-order valence-electron chi connectivity index (χ2n) is 5.44. The van der Waals surface area contributed by atoms with Crippen LogP contribution in [0.1, 0.15) is 26.3 Å². The summed E-state index contributed by atoms with van der Waals surface area (Å²) in [6.45, 7) is 9.51. The van der Waals surface area contributed by atoms with Gasteiger partial charge in [-0.15, -0.1) is 0 Å². The number of hydrogen-bond acceptors (Lipinski definition) is 2. The average molecular weight is 252 g/mol. The topological polar surface area (TPSA) is 15.3 Å². The Labute approximate surface area is 110 Å². The Morgan fingerprint density at radius 1 is 1.11 bits per heavy atom. The molecule has 0 saturated heterocycles. The van der Waals surface area contributed by atoms with Crippen molar-refractivity contribution in [2.45, 2.75) is 33.4 Å². The summed E-state index contributed by atoms with van der Waals surface area (Å²) in [6, 6.07) is 7.20. The predicted octanol–water partition coefficient (Wildman–Crippen LogP) is 2.89. The molecule has 0 radical (unpaired) electrons. The van der Waals surface area contributed by atoms with E-state index in [0.717, 1.165) is 25.2 Å². The molecule has 1 N–H and O–H groups in total. The highest BCUT2D eigenvalue weighted by molar-refractivity contribution is 5.15. The standard InChI is InChI=1S/C15H25FN2/c1-12(2)9-17-10-13(3)18(4)11-14-5-7-15(16)8-6-14/h5-8,12-13,17H,9-11H2,1-4H3. The van der Waals surface area contributed by atoms with Crippen LogP contribution in [0.4, 0.5) is 4.39 Å². The van der Waals surface area contributed by atoms with E-state index in [9.17, 15) is 4.39 Å². The number of hydrogen-bond donors (Lipinski definition) is 1. The molecule has 1 rings (SSSR count). The van der Waals surface area contributed by atoms with Crippen LogP contribution in [0.5, 0.6) is 0 Å². The van der Waals surface area contributed by atoms with Crippen LogP contribution >= 0.6 is 0 Å². The van der Waals surface area contributed by atoms with Crippen molar-refractivity contribution in [3.05, 3.63) is 35.6 Å². The first kappa shape index (κ1) is 15.1. The lowest BCUT2D eigenvalue weighted by Gasteiger charge is -2.25. The van der Waals surface area contributed by atoms with Crippen LogP contribution in [0.25, 0.3) is 0 Å². The first-order valence-corrected chi connectivity index (χ1v) is 6.64. The Hall–Kier alpha value is -0.930. The minimum Gasteiger partial charge on any atom is -0.315 e. The first-order chi connectivity index (χ1) is 8.49. The number of nitrogens with one attached hydrogen (secondary N) is 1. The van der Waals surface area contributed by atoms with Crippen LogP contribution < -0.4 is 5.32 Å². The lowest BCUT2D eigenvalue weighted by atomic mass is 10.2. The molecule has 102 valence electrons. The van der Waals surface area contributed by atoms with Crippen molar-refractivity contribution >= 4 is 0 Å². The summed E-state index contributed by atoms with van der Waals surface area (Å²) in [7, 11) is 2.10. The highest BCUT2D eigenvalue weighted by atomic mass is 19.1. The molecule has 0 saturated carbocycles. The van der Waals surface area contributed by atoms with Crippen LogP contribution in [0.3, 0.4) is 0 Å². The molecule has 0 spiro atoms. The molecule has 18 heavy (non-hydrogen) atoms. The smallest absolute Gasteiger partial charge is 0.123 e. The molecule has 2 nitrogen and oxygen atoms in total. The maximum absolute atomic E-state index is 12.8. The molecule has 0 bridgehead atoms. The Bertz CT molecular complexity index is 335. The molecule has 3 heteroatoms. The quantitative estimate of drug-likeness (QED) is 0.802. The first-order valence-electron chi connectivity index (χ1n) is 6.64. The van der Waals surface area contributed by atoms with Gasteiger partial charge >= 0.3 is 0 Å². The summed E-state index contributed by atoms with van der Waals surface area (Å²) >= 11 is 0. The summed E-state index contributed by atoms with van der Waals surface area (Å²) in [5, 5.41) is 3.46. The van der Waals surface area contributed by atoms with E-state index < -0.39 is 0 Å². The van der Waals surface area contributed by atoms with Crippen LogP contribution in [-0.4, -0.2) is 31.1 Å². The predicted molar refractivity (Wildman–Crippen MR) is 75.0 cm³/mol. The van der Waals surface area contributed by atoms with Gasteiger partial charge in [-0.05, 0) is 44.1 Å². The molecule has 0 aliphatic rings. The van der Waals surface area contributed by atoms with Crippen LogP contribution in [0, 0.1) is 11.7 Å². The van der Waals surface area contributed by atoms with E-state index in [0.29, 0.717) is 12.0 Å². The van der Waals surface area contributed by atoms with Gasteiger partial charge in [-0.3, -0.25) is 4.90 Å². The average Bonchev–Trinajstić information content (AvgIpc) is 2.31. The van der Waals surface area contributed by atoms with Gasteiger partial charge in [0.15, 0.2) is 0 Å². The number of benzene rings is 1. The molecule has 0 amide bonds. The van der Waals surface area contributed by atoms with E-state index >= 15 is 0 Å². The zero-order valence-corrected chi connectivity index (χ0v) is 11.9. The van der Waals surface area contributed by atoms with Crippen LogP contribution in [0.15, 0.2) is 24.3 Å². The summed E-state index contributed by atoms with van der Waals surface area (Å²) in [5.74, 6) is 0.507. The number of likely N-dealkylation sites (N-methyl/N-ethyl adjacent to an activating group) is 1. The fourth-order valence-electron chi connectivity index (χ4n) is 1.77. The zero-order chi connectivity index (χ0) is 13.5. The minimum atomic E-state index is -0.173. The van der Waals surface area contributed by atoms with Crippen molar-refractivity contribution in [2.24, 2.45) is 5.92 Å². The molecule has 0 aliphatic carbocycles. The Kier molecular flexibility index (Phi) is 6.30. The maximum atomic E-state index is 12.8. The normalized spacial score (nSPS) is 13.3. The molecule has 0 heterocycles. The van der Waals surface area contributed by atoms with E-state index in [4.69, 9.17) is 0 Å². The van der Waals surface area contributed by atoms with E-state index in [-0.39, 0.29) is 5.82 Å². The SMILES string of the molecule is CC(C)CNCC(C)N(C)Cc1ccc(F)cc1. The number of nitrogens with zero attached hydrogens (tertiary/aromatic N) is 1. The van der Waals surface area contributed by atoms with Crippen LogP contribution in [0.2, 0.25) is 0 Å². The molecule has 0 aromatic heterocycles. The second kappa shape index (κ2) is 7.49. The van der Waals surface area contributed by atoms with Gasteiger partial charge in [-0.2, -0.15) is 0 Å². The highest BCUT2D eigenvalue weighted by Crippen LogP contribution is 2.07. The summed E-state index contributed by atoms with van der Waals surface area (Å²) in [6.07, 6.45) is 0. The van der Waals surface area contributed by atoms with E-state index in [1.807, 2.05) is 12.1 Å². The molecule has 0 aliphatic heterocycles. The van der Waals surface area contributed by atoms with E-state index in [1.165, 1.54) is 12.1 Å². The monoisotopic (exact) mass is 252 g/mol. The minimum absolute atomic E-state index is 0.173. The molecule has 1 aromatic carbocycles. The Morgan fingerprint density at radius 3 is 2.28 bits per heavy atom. The fourth-order valence-corrected chi connectivity index (χ4v) is 1.77. The van der Waals surface area contributed by atoms with Gasteiger partial charge < -0.3 is 5.32 Å². The molecule has 1 unspecified atom stereocenters. The third kappa shape index (κ3) is 5.61. The lowest BCUT2D eigenvalue weighted by molar-refractivity contribution is 0.241. The van der Waals surface area contributed by atoms with Crippen molar-refractivity contribution in [1.82, 2.24) is 10.2 Å². The highest BCUT2D eigenvalue weighted by Gasteiger charge is 2.09. The summed E-state index contributed by atoms with van der Waals surface area (Å²) in [5.41, 5.74) is 1.15.